The maximum absolute atomic E-state index is 10.9. The lowest BCUT2D eigenvalue weighted by molar-refractivity contribution is -0.123. The molecule has 2 bridgehead atoms. The molecule has 2 fully saturated rings. The van der Waals surface area contributed by atoms with E-state index in [0.29, 0.717) is 6.54 Å². The van der Waals surface area contributed by atoms with Crippen molar-refractivity contribution in [3.63, 3.8) is 0 Å². The van der Waals surface area contributed by atoms with E-state index in [4.69, 9.17) is 0 Å². The minimum absolute atomic E-state index is 0.0185. The third kappa shape index (κ3) is 0.538. The molecule has 2 saturated heterocycles. The average molecular weight is 143 g/mol. The maximum Gasteiger partial charge on any atom is 0.289 e. The van der Waals surface area contributed by atoms with Gasteiger partial charge >= 0.3 is 0 Å². The Hall–Kier alpha value is -0.510. The summed E-state index contributed by atoms with van der Waals surface area (Å²) < 4.78 is 0. The van der Waals surface area contributed by atoms with Gasteiger partial charge in [-0.05, 0) is 6.42 Å². The molecule has 0 aliphatic carbocycles. The van der Waals surface area contributed by atoms with Crippen LogP contribution >= 0.6 is 11.8 Å². The Morgan fingerprint density at radius 3 is 2.56 bits per heavy atom. The molecule has 0 aromatic carbocycles. The number of hydrogen-bond acceptors (Lipinski definition) is 3. The van der Waals surface area contributed by atoms with E-state index in [2.05, 4.69) is 0 Å². The van der Waals surface area contributed by atoms with E-state index in [-0.39, 0.29) is 16.4 Å². The number of amides is 2. The highest BCUT2D eigenvalue weighted by Gasteiger charge is 2.44. The lowest BCUT2D eigenvalue weighted by atomic mass is 10.4. The van der Waals surface area contributed by atoms with Gasteiger partial charge in [0.1, 0.15) is 0 Å². The van der Waals surface area contributed by atoms with Crippen LogP contribution in [0.25, 0.3) is 0 Å². The van der Waals surface area contributed by atoms with Crippen molar-refractivity contribution in [1.29, 1.82) is 0 Å². The van der Waals surface area contributed by atoms with Crippen molar-refractivity contribution in [2.45, 2.75) is 11.7 Å². The molecule has 3 nitrogen and oxygen atoms in total. The highest BCUT2D eigenvalue weighted by Crippen LogP contribution is 2.34. The van der Waals surface area contributed by atoms with Crippen LogP contribution in [0.1, 0.15) is 6.42 Å². The monoisotopic (exact) mass is 143 g/mol. The first-order chi connectivity index (χ1) is 4.29. The van der Waals surface area contributed by atoms with Gasteiger partial charge in [0.25, 0.3) is 5.24 Å². The second kappa shape index (κ2) is 1.50. The predicted molar refractivity (Wildman–Crippen MR) is 33.1 cm³/mol. The second-order valence-corrected chi connectivity index (χ2v) is 3.30. The highest BCUT2D eigenvalue weighted by atomic mass is 32.2. The Balaban J connectivity index is 2.36. The van der Waals surface area contributed by atoms with Crippen molar-refractivity contribution in [3.8, 4) is 0 Å². The third-order valence-electron chi connectivity index (χ3n) is 1.62. The Bertz CT molecular complexity index is 191. The van der Waals surface area contributed by atoms with Gasteiger partial charge in [0, 0.05) is 6.54 Å². The van der Waals surface area contributed by atoms with E-state index in [1.54, 1.807) is 0 Å². The van der Waals surface area contributed by atoms with Crippen LogP contribution < -0.4 is 0 Å². The second-order valence-electron chi connectivity index (χ2n) is 2.15. The molecular formula is C5H5NO2S. The number of nitrogens with zero attached hydrogens (tertiary/aromatic N) is 1. The zero-order valence-corrected chi connectivity index (χ0v) is 5.48. The predicted octanol–water partition coefficient (Wildman–Crippen LogP) is 0.454. The molecule has 2 aliphatic heterocycles. The molecule has 4 heteroatoms. The molecule has 0 spiro atoms. The standard InChI is InChI=1S/C5H5NO2S/c7-4-3-1-2-6(4)5(8)9-3/h3H,1-2H2. The van der Waals surface area contributed by atoms with Crippen molar-refractivity contribution >= 4 is 22.9 Å². The van der Waals surface area contributed by atoms with Crippen molar-refractivity contribution in [3.05, 3.63) is 0 Å². The fraction of sp³-hybridized carbons (Fsp3) is 0.600. The SMILES string of the molecule is O=C1SC2CCN1C2=O. The topological polar surface area (TPSA) is 37.4 Å². The van der Waals surface area contributed by atoms with E-state index in [9.17, 15) is 9.59 Å². The summed E-state index contributed by atoms with van der Waals surface area (Å²) in [4.78, 5) is 22.9. The largest absolute Gasteiger partial charge is 0.289 e. The molecule has 2 amide bonds. The van der Waals surface area contributed by atoms with Crippen LogP contribution in [-0.2, 0) is 4.79 Å². The summed E-state index contributed by atoms with van der Waals surface area (Å²) in [5.41, 5.74) is 0. The number of fused-ring (bicyclic) bond motifs is 2. The van der Waals surface area contributed by atoms with E-state index >= 15 is 0 Å². The summed E-state index contributed by atoms with van der Waals surface area (Å²) in [5.74, 6) is 0.0185. The Morgan fingerprint density at radius 1 is 1.56 bits per heavy atom. The number of thioether (sulfide) groups is 1. The molecule has 0 aromatic heterocycles. The molecule has 9 heavy (non-hydrogen) atoms. The van der Waals surface area contributed by atoms with Gasteiger partial charge in [-0.1, -0.05) is 11.8 Å². The summed E-state index contributed by atoms with van der Waals surface area (Å²) in [7, 11) is 0. The summed E-state index contributed by atoms with van der Waals surface area (Å²) in [6.45, 7) is 0.648. The van der Waals surface area contributed by atoms with Gasteiger partial charge in [-0.25, -0.2) is 0 Å². The number of rotatable bonds is 0. The normalized spacial score (nSPS) is 32.4. The smallest absolute Gasteiger partial charge is 0.273 e. The molecule has 0 saturated carbocycles. The number of carbonyl (C=O) groups is 2. The molecule has 2 aliphatic rings. The van der Waals surface area contributed by atoms with Gasteiger partial charge in [0.05, 0.1) is 5.25 Å². The first kappa shape index (κ1) is 5.29. The third-order valence-corrected chi connectivity index (χ3v) is 2.76. The number of carbonyl (C=O) groups excluding carboxylic acids is 2. The summed E-state index contributed by atoms with van der Waals surface area (Å²) in [6.07, 6.45) is 0.856. The lowest BCUT2D eigenvalue weighted by Gasteiger charge is -2.06. The molecule has 2 heterocycles. The quantitative estimate of drug-likeness (QED) is 0.494. The van der Waals surface area contributed by atoms with Crippen molar-refractivity contribution in [2.75, 3.05) is 6.54 Å². The van der Waals surface area contributed by atoms with Crippen LogP contribution in [0.15, 0.2) is 0 Å². The van der Waals surface area contributed by atoms with E-state index in [1.165, 1.54) is 4.90 Å². The lowest BCUT2D eigenvalue weighted by Crippen LogP contribution is -2.23. The van der Waals surface area contributed by atoms with E-state index in [0.717, 1.165) is 18.2 Å². The Morgan fingerprint density at radius 2 is 2.33 bits per heavy atom. The first-order valence-electron chi connectivity index (χ1n) is 2.81. The summed E-state index contributed by atoms with van der Waals surface area (Å²) in [5, 5.41) is -0.0891. The molecule has 2 rings (SSSR count). The Labute approximate surface area is 56.4 Å². The van der Waals surface area contributed by atoms with Gasteiger partial charge < -0.3 is 0 Å². The van der Waals surface area contributed by atoms with Crippen molar-refractivity contribution in [1.82, 2.24) is 4.90 Å². The highest BCUT2D eigenvalue weighted by molar-refractivity contribution is 8.15. The van der Waals surface area contributed by atoms with Crippen LogP contribution in [0.2, 0.25) is 0 Å². The average Bonchev–Trinajstić information content (AvgIpc) is 2.25. The van der Waals surface area contributed by atoms with Gasteiger partial charge in [0.2, 0.25) is 5.91 Å². The zero-order valence-electron chi connectivity index (χ0n) is 4.66. The molecular weight excluding hydrogens is 138 g/mol. The zero-order chi connectivity index (χ0) is 6.43. The molecule has 1 unspecified atom stereocenters. The molecule has 0 radical (unpaired) electrons. The van der Waals surface area contributed by atoms with Gasteiger partial charge in [-0.2, -0.15) is 0 Å². The first-order valence-corrected chi connectivity index (χ1v) is 3.69. The van der Waals surface area contributed by atoms with Crippen LogP contribution in [-0.4, -0.2) is 27.8 Å². The molecule has 0 N–H and O–H groups in total. The fourth-order valence-corrected chi connectivity index (χ4v) is 2.13. The molecule has 48 valence electrons. The minimum atomic E-state index is -0.0590. The van der Waals surface area contributed by atoms with Crippen LogP contribution in [0.4, 0.5) is 4.79 Å². The number of hydrogen-bond donors (Lipinski definition) is 0. The van der Waals surface area contributed by atoms with Crippen LogP contribution in [0.3, 0.4) is 0 Å². The molecule has 1 atom stereocenters. The van der Waals surface area contributed by atoms with Gasteiger partial charge in [-0.15, -0.1) is 0 Å². The Kier molecular flexibility index (Phi) is 0.883. The fourth-order valence-electron chi connectivity index (χ4n) is 1.13. The summed E-state index contributed by atoms with van der Waals surface area (Å²) in [6, 6.07) is 0. The number of imide groups is 1. The van der Waals surface area contributed by atoms with Crippen LogP contribution in [0, 0.1) is 0 Å². The van der Waals surface area contributed by atoms with Gasteiger partial charge in [-0.3, -0.25) is 14.5 Å². The molecule has 0 aromatic rings. The van der Waals surface area contributed by atoms with Gasteiger partial charge in [0.15, 0.2) is 0 Å². The minimum Gasteiger partial charge on any atom is -0.273 e. The van der Waals surface area contributed by atoms with Crippen molar-refractivity contribution < 1.29 is 9.59 Å². The van der Waals surface area contributed by atoms with E-state index in [1.807, 2.05) is 0 Å². The summed E-state index contributed by atoms with van der Waals surface area (Å²) >= 11 is 1.16. The van der Waals surface area contributed by atoms with Crippen LogP contribution in [0.5, 0.6) is 0 Å². The van der Waals surface area contributed by atoms with Crippen molar-refractivity contribution in [2.24, 2.45) is 0 Å². The maximum atomic E-state index is 10.9. The van der Waals surface area contributed by atoms with E-state index < -0.39 is 0 Å².